The Kier molecular flexibility index (Phi) is 3.92. The molecule has 1 atom stereocenters. The number of carbonyl (C=O) groups excluding carboxylic acids is 3. The molecule has 1 N–H and O–H groups in total. The van der Waals surface area contributed by atoms with E-state index in [1.54, 1.807) is 0 Å². The van der Waals surface area contributed by atoms with Crippen molar-refractivity contribution in [1.82, 2.24) is 0 Å². The normalized spacial score (nSPS) is 11.6. The van der Waals surface area contributed by atoms with Crippen molar-refractivity contribution in [2.45, 2.75) is 20.0 Å². The smallest absolute Gasteiger partial charge is 0.382 e. The molecular weight excluding hydrogens is 168 g/mol. The molecule has 0 radical (unpaired) electrons. The Morgan fingerprint density at radius 3 is 2.08 bits per heavy atom. The third-order valence-corrected chi connectivity index (χ3v) is 0.752. The molecule has 0 saturated carbocycles. The van der Waals surface area contributed by atoms with Crippen LogP contribution in [-0.4, -0.2) is 29.3 Å². The average molecular weight is 176 g/mol. The molecule has 0 saturated heterocycles. The molecule has 0 fully saturated rings. The summed E-state index contributed by atoms with van der Waals surface area (Å²) in [6.45, 7) is 2.09. The highest BCUT2D eigenvalue weighted by molar-refractivity contribution is 5.89. The molecule has 6 nitrogen and oxygen atoms in total. The van der Waals surface area contributed by atoms with Crippen molar-refractivity contribution in [2.24, 2.45) is 0 Å². The van der Waals surface area contributed by atoms with E-state index in [-0.39, 0.29) is 0 Å². The SMILES string of the molecule is CC(=O)OC(=O)OC(=O)C(C)O. The topological polar surface area (TPSA) is 89.9 Å². The quantitative estimate of drug-likeness (QED) is 0.431. The highest BCUT2D eigenvalue weighted by Crippen LogP contribution is 1.91. The van der Waals surface area contributed by atoms with Crippen LogP contribution in [0, 0.1) is 0 Å². The third kappa shape index (κ3) is 4.40. The van der Waals surface area contributed by atoms with Gasteiger partial charge in [-0.2, -0.15) is 0 Å². The lowest BCUT2D eigenvalue weighted by molar-refractivity contribution is -0.151. The van der Waals surface area contributed by atoms with E-state index in [2.05, 4.69) is 9.47 Å². The van der Waals surface area contributed by atoms with E-state index in [0.29, 0.717) is 0 Å². The number of carbonyl (C=O) groups is 3. The molecule has 0 aromatic carbocycles. The first kappa shape index (κ1) is 10.6. The van der Waals surface area contributed by atoms with Crippen molar-refractivity contribution in [1.29, 1.82) is 0 Å². The van der Waals surface area contributed by atoms with Crippen molar-refractivity contribution in [2.75, 3.05) is 0 Å². The lowest BCUT2D eigenvalue weighted by atomic mass is 10.4. The molecule has 0 heterocycles. The largest absolute Gasteiger partial charge is 0.524 e. The van der Waals surface area contributed by atoms with E-state index >= 15 is 0 Å². The van der Waals surface area contributed by atoms with Gasteiger partial charge in [0.1, 0.15) is 6.10 Å². The third-order valence-electron chi connectivity index (χ3n) is 0.752. The van der Waals surface area contributed by atoms with Gasteiger partial charge in [-0.15, -0.1) is 0 Å². The summed E-state index contributed by atoms with van der Waals surface area (Å²) in [7, 11) is 0. The van der Waals surface area contributed by atoms with Gasteiger partial charge in [-0.1, -0.05) is 0 Å². The van der Waals surface area contributed by atoms with Crippen LogP contribution in [0.1, 0.15) is 13.8 Å². The van der Waals surface area contributed by atoms with Gasteiger partial charge in [0.15, 0.2) is 0 Å². The summed E-state index contributed by atoms with van der Waals surface area (Å²) < 4.78 is 7.69. The van der Waals surface area contributed by atoms with Gasteiger partial charge in [0.25, 0.3) is 0 Å². The molecule has 0 aliphatic heterocycles. The highest BCUT2D eigenvalue weighted by Gasteiger charge is 2.17. The van der Waals surface area contributed by atoms with Crippen LogP contribution in [0.4, 0.5) is 4.79 Å². The van der Waals surface area contributed by atoms with Gasteiger partial charge < -0.3 is 14.6 Å². The lowest BCUT2D eigenvalue weighted by Gasteiger charge is -2.02. The Labute approximate surface area is 68.1 Å². The second-order valence-electron chi connectivity index (χ2n) is 1.94. The van der Waals surface area contributed by atoms with Crippen LogP contribution in [0.15, 0.2) is 0 Å². The summed E-state index contributed by atoms with van der Waals surface area (Å²) in [5.74, 6) is -2.06. The molecule has 0 aliphatic rings. The molecular formula is C6H8O6. The van der Waals surface area contributed by atoms with Crippen LogP contribution in [0.5, 0.6) is 0 Å². The molecule has 6 heteroatoms. The first-order valence-electron chi connectivity index (χ1n) is 3.05. The summed E-state index contributed by atoms with van der Waals surface area (Å²) in [4.78, 5) is 30.9. The van der Waals surface area contributed by atoms with Crippen molar-refractivity contribution in [3.8, 4) is 0 Å². The van der Waals surface area contributed by atoms with Crippen LogP contribution in [0.3, 0.4) is 0 Å². The number of aliphatic hydroxyl groups excluding tert-OH is 1. The van der Waals surface area contributed by atoms with Crippen LogP contribution in [0.25, 0.3) is 0 Å². The minimum atomic E-state index is -1.44. The minimum absolute atomic E-state index is 0.890. The van der Waals surface area contributed by atoms with Crippen molar-refractivity contribution in [3.63, 3.8) is 0 Å². The molecule has 68 valence electrons. The summed E-state index contributed by atoms with van der Waals surface area (Å²) in [5.41, 5.74) is 0. The Morgan fingerprint density at radius 2 is 1.75 bits per heavy atom. The number of ether oxygens (including phenoxy) is 2. The van der Waals surface area contributed by atoms with Crippen LogP contribution < -0.4 is 0 Å². The maximum absolute atomic E-state index is 10.5. The summed E-state index contributed by atoms with van der Waals surface area (Å²) in [6.07, 6.45) is -2.86. The van der Waals surface area contributed by atoms with Gasteiger partial charge >= 0.3 is 18.1 Å². The van der Waals surface area contributed by atoms with E-state index in [1.807, 2.05) is 0 Å². The van der Waals surface area contributed by atoms with Crippen LogP contribution in [0.2, 0.25) is 0 Å². The predicted octanol–water partition coefficient (Wildman–Crippen LogP) is -0.407. The fraction of sp³-hybridized carbons (Fsp3) is 0.500. The predicted molar refractivity (Wildman–Crippen MR) is 34.9 cm³/mol. The number of rotatable bonds is 1. The van der Waals surface area contributed by atoms with Gasteiger partial charge in [-0.05, 0) is 6.92 Å². The molecule has 0 aromatic rings. The molecule has 0 aromatic heterocycles. The molecule has 1 unspecified atom stereocenters. The maximum Gasteiger partial charge on any atom is 0.524 e. The molecule has 0 bridgehead atoms. The molecule has 0 amide bonds. The number of hydrogen-bond acceptors (Lipinski definition) is 6. The lowest BCUT2D eigenvalue weighted by Crippen LogP contribution is -2.24. The van der Waals surface area contributed by atoms with Gasteiger partial charge in [0.2, 0.25) is 0 Å². The second-order valence-corrected chi connectivity index (χ2v) is 1.94. The fourth-order valence-corrected chi connectivity index (χ4v) is 0.306. The zero-order valence-corrected chi connectivity index (χ0v) is 6.57. The maximum atomic E-state index is 10.5. The monoisotopic (exact) mass is 176 g/mol. The van der Waals surface area contributed by atoms with Crippen LogP contribution >= 0.6 is 0 Å². The van der Waals surface area contributed by atoms with Crippen molar-refractivity contribution < 1.29 is 29.0 Å². The molecule has 0 aliphatic carbocycles. The minimum Gasteiger partial charge on any atom is -0.382 e. The number of esters is 2. The second kappa shape index (κ2) is 4.45. The van der Waals surface area contributed by atoms with Crippen LogP contribution in [-0.2, 0) is 19.1 Å². The first-order valence-corrected chi connectivity index (χ1v) is 3.05. The van der Waals surface area contributed by atoms with E-state index in [0.717, 1.165) is 13.8 Å². The molecule has 0 rings (SSSR count). The number of hydrogen-bond donors (Lipinski definition) is 1. The van der Waals surface area contributed by atoms with Crippen molar-refractivity contribution in [3.05, 3.63) is 0 Å². The Balaban J connectivity index is 3.85. The zero-order chi connectivity index (χ0) is 9.72. The number of aliphatic hydroxyl groups is 1. The average Bonchev–Trinajstić information content (AvgIpc) is 1.84. The van der Waals surface area contributed by atoms with Gasteiger partial charge in [-0.25, -0.2) is 9.59 Å². The summed E-state index contributed by atoms with van der Waals surface area (Å²) >= 11 is 0. The molecule has 0 spiro atoms. The van der Waals surface area contributed by atoms with Crippen molar-refractivity contribution >= 4 is 18.1 Å². The molecule has 12 heavy (non-hydrogen) atoms. The van der Waals surface area contributed by atoms with Gasteiger partial charge in [0.05, 0.1) is 0 Å². The Morgan fingerprint density at radius 1 is 1.25 bits per heavy atom. The fourth-order valence-electron chi connectivity index (χ4n) is 0.306. The van der Waals surface area contributed by atoms with E-state index < -0.39 is 24.2 Å². The van der Waals surface area contributed by atoms with E-state index in [4.69, 9.17) is 5.11 Å². The Hall–Kier alpha value is -1.43. The standard InChI is InChI=1S/C6H8O6/c1-3(7)5(9)12-6(10)11-4(2)8/h3,7H,1-2H3. The van der Waals surface area contributed by atoms with E-state index in [9.17, 15) is 14.4 Å². The first-order chi connectivity index (χ1) is 5.43. The zero-order valence-electron chi connectivity index (χ0n) is 6.57. The van der Waals surface area contributed by atoms with Gasteiger partial charge in [-0.3, -0.25) is 4.79 Å². The Bertz CT molecular complexity index is 206. The summed E-state index contributed by atoms with van der Waals surface area (Å²) in [5, 5.41) is 8.54. The highest BCUT2D eigenvalue weighted by atomic mass is 16.8. The summed E-state index contributed by atoms with van der Waals surface area (Å²) in [6, 6.07) is 0. The van der Waals surface area contributed by atoms with Gasteiger partial charge in [0, 0.05) is 6.92 Å². The van der Waals surface area contributed by atoms with E-state index in [1.165, 1.54) is 0 Å².